The summed E-state index contributed by atoms with van der Waals surface area (Å²) in [5, 5.41) is 2.68. The van der Waals surface area contributed by atoms with Crippen molar-refractivity contribution in [3.8, 4) is 5.75 Å². The maximum atomic E-state index is 12.9. The van der Waals surface area contributed by atoms with Crippen LogP contribution in [0, 0.1) is 0 Å². The summed E-state index contributed by atoms with van der Waals surface area (Å²) in [5.74, 6) is 0.106. The molecule has 0 unspecified atom stereocenters. The first-order valence-electron chi connectivity index (χ1n) is 9.32. The molecule has 4 rings (SSSR count). The van der Waals surface area contributed by atoms with Gasteiger partial charge in [-0.2, -0.15) is 0 Å². The average molecular weight is 391 g/mol. The molecule has 0 radical (unpaired) electrons. The maximum absolute atomic E-state index is 12.9. The molecule has 2 heterocycles. The van der Waals surface area contributed by atoms with Gasteiger partial charge in [0.05, 0.1) is 5.56 Å². The van der Waals surface area contributed by atoms with Crippen LogP contribution in [0.3, 0.4) is 0 Å². The topological polar surface area (TPSA) is 82.3 Å². The van der Waals surface area contributed by atoms with Crippen molar-refractivity contribution in [3.05, 3.63) is 92.1 Å². The van der Waals surface area contributed by atoms with Gasteiger partial charge in [-0.25, -0.2) is 4.79 Å². The summed E-state index contributed by atoms with van der Waals surface area (Å²) in [6.07, 6.45) is 0.103. The molecule has 7 heteroatoms. The minimum Gasteiger partial charge on any atom is -0.489 e. The third kappa shape index (κ3) is 3.35. The van der Waals surface area contributed by atoms with Crippen LogP contribution in [0.4, 0.5) is 5.82 Å². The zero-order chi connectivity index (χ0) is 20.5. The monoisotopic (exact) mass is 391 g/mol. The van der Waals surface area contributed by atoms with Gasteiger partial charge in [0.2, 0.25) is 5.91 Å². The predicted octanol–water partition coefficient (Wildman–Crippen LogP) is 2.14. The molecule has 0 aliphatic carbocycles. The number of amides is 1. The molecule has 1 aromatic heterocycles. The van der Waals surface area contributed by atoms with Gasteiger partial charge in [0.15, 0.2) is 0 Å². The van der Waals surface area contributed by atoms with Crippen LogP contribution in [0.2, 0.25) is 0 Å². The first-order chi connectivity index (χ1) is 14.0. The van der Waals surface area contributed by atoms with E-state index in [1.807, 2.05) is 54.6 Å². The predicted molar refractivity (Wildman–Crippen MR) is 109 cm³/mol. The van der Waals surface area contributed by atoms with Gasteiger partial charge in [0.25, 0.3) is 5.56 Å². The van der Waals surface area contributed by atoms with E-state index in [4.69, 9.17) is 4.74 Å². The molecular formula is C22H21N3O4. The lowest BCUT2D eigenvalue weighted by molar-refractivity contribution is -0.116. The summed E-state index contributed by atoms with van der Waals surface area (Å²) in [5.41, 5.74) is 1.26. The third-order valence-electron chi connectivity index (χ3n) is 5.23. The average Bonchev–Trinajstić information content (AvgIpc) is 2.75. The van der Waals surface area contributed by atoms with Crippen LogP contribution >= 0.6 is 0 Å². The number of benzene rings is 2. The lowest BCUT2D eigenvalue weighted by Crippen LogP contribution is -2.44. The fourth-order valence-corrected chi connectivity index (χ4v) is 3.71. The van der Waals surface area contributed by atoms with Crippen LogP contribution in [-0.2, 0) is 25.5 Å². The molecular weight excluding hydrogens is 370 g/mol. The lowest BCUT2D eigenvalue weighted by atomic mass is 9.86. The fraction of sp³-hybridized carbons (Fsp3) is 0.227. The Balaban J connectivity index is 1.80. The van der Waals surface area contributed by atoms with Crippen LogP contribution in [0.25, 0.3) is 0 Å². The Bertz CT molecular complexity index is 1190. The molecule has 1 atom stereocenters. The number of anilines is 1. The molecule has 0 bridgehead atoms. The molecule has 0 spiro atoms. The first-order valence-corrected chi connectivity index (χ1v) is 9.32. The number of ether oxygens (including phenoxy) is 1. The number of carbonyl (C=O) groups excluding carboxylic acids is 1. The Morgan fingerprint density at radius 2 is 1.66 bits per heavy atom. The highest BCUT2D eigenvalue weighted by Crippen LogP contribution is 2.38. The van der Waals surface area contributed by atoms with Gasteiger partial charge < -0.3 is 10.1 Å². The normalized spacial score (nSPS) is 15.5. The number of hydrogen-bond donors (Lipinski definition) is 1. The molecule has 7 nitrogen and oxygen atoms in total. The number of rotatable bonds is 4. The Kier molecular flexibility index (Phi) is 4.80. The van der Waals surface area contributed by atoms with Crippen LogP contribution in [0.15, 0.2) is 64.2 Å². The van der Waals surface area contributed by atoms with E-state index in [0.29, 0.717) is 17.9 Å². The van der Waals surface area contributed by atoms with Crippen molar-refractivity contribution in [1.29, 1.82) is 0 Å². The smallest absolute Gasteiger partial charge is 0.332 e. The Hall–Kier alpha value is -3.61. The highest BCUT2D eigenvalue weighted by atomic mass is 16.5. The van der Waals surface area contributed by atoms with E-state index in [-0.39, 0.29) is 18.1 Å². The molecule has 0 fully saturated rings. The van der Waals surface area contributed by atoms with E-state index >= 15 is 0 Å². The summed E-state index contributed by atoms with van der Waals surface area (Å²) in [7, 11) is 2.98. The maximum Gasteiger partial charge on any atom is 0.332 e. The summed E-state index contributed by atoms with van der Waals surface area (Å²) < 4.78 is 8.41. The molecule has 2 aromatic carbocycles. The van der Waals surface area contributed by atoms with Crippen molar-refractivity contribution in [3.63, 3.8) is 0 Å². The van der Waals surface area contributed by atoms with Crippen molar-refractivity contribution in [2.75, 3.05) is 5.32 Å². The summed E-state index contributed by atoms with van der Waals surface area (Å²) in [6.45, 7) is 0.370. The standard InChI is InChI=1S/C22H21N3O4/c1-24-20-19(21(27)25(2)22(24)28)16(12-18(26)23-20)15-10-6-7-11-17(15)29-13-14-8-4-3-5-9-14/h3-11,16H,12-13H2,1-2H3,(H,23,26)/t16-/m1/s1. The molecule has 3 aromatic rings. The van der Waals surface area contributed by atoms with E-state index in [0.717, 1.165) is 15.7 Å². The second-order valence-corrected chi connectivity index (χ2v) is 7.09. The van der Waals surface area contributed by atoms with E-state index in [2.05, 4.69) is 5.32 Å². The van der Waals surface area contributed by atoms with Gasteiger partial charge in [0, 0.05) is 32.0 Å². The molecule has 29 heavy (non-hydrogen) atoms. The Labute approximate surface area is 167 Å². The third-order valence-corrected chi connectivity index (χ3v) is 5.23. The van der Waals surface area contributed by atoms with E-state index < -0.39 is 17.2 Å². The SMILES string of the molecule is Cn1c2c(c(=O)n(C)c1=O)[C@@H](c1ccccc1OCc1ccccc1)CC(=O)N2. The van der Waals surface area contributed by atoms with Crippen LogP contribution in [0.5, 0.6) is 5.75 Å². The molecule has 1 aliphatic rings. The molecule has 1 amide bonds. The molecule has 1 N–H and O–H groups in total. The number of para-hydroxylation sites is 1. The van der Waals surface area contributed by atoms with Crippen LogP contribution < -0.4 is 21.3 Å². The number of nitrogens with zero attached hydrogens (tertiary/aromatic N) is 2. The van der Waals surface area contributed by atoms with Gasteiger partial charge in [-0.3, -0.25) is 18.7 Å². The summed E-state index contributed by atoms with van der Waals surface area (Å²) in [4.78, 5) is 37.6. The quantitative estimate of drug-likeness (QED) is 0.739. The number of carbonyl (C=O) groups is 1. The Morgan fingerprint density at radius 1 is 0.966 bits per heavy atom. The summed E-state index contributed by atoms with van der Waals surface area (Å²) >= 11 is 0. The van der Waals surface area contributed by atoms with Gasteiger partial charge in [0.1, 0.15) is 18.2 Å². The molecule has 0 saturated carbocycles. The van der Waals surface area contributed by atoms with Gasteiger partial charge in [-0.15, -0.1) is 0 Å². The molecule has 1 aliphatic heterocycles. The zero-order valence-corrected chi connectivity index (χ0v) is 16.2. The number of aromatic nitrogens is 2. The van der Waals surface area contributed by atoms with Gasteiger partial charge in [-0.05, 0) is 11.6 Å². The number of nitrogens with one attached hydrogen (secondary N) is 1. The Morgan fingerprint density at radius 3 is 2.41 bits per heavy atom. The van der Waals surface area contributed by atoms with E-state index in [9.17, 15) is 14.4 Å². The first kappa shape index (κ1) is 18.7. The van der Waals surface area contributed by atoms with E-state index in [1.54, 1.807) is 7.05 Å². The second-order valence-electron chi connectivity index (χ2n) is 7.09. The largest absolute Gasteiger partial charge is 0.489 e. The summed E-state index contributed by atoms with van der Waals surface area (Å²) in [6, 6.07) is 17.2. The molecule has 0 saturated heterocycles. The molecule has 148 valence electrons. The number of hydrogen-bond acceptors (Lipinski definition) is 4. The number of fused-ring (bicyclic) bond motifs is 1. The van der Waals surface area contributed by atoms with Crippen LogP contribution in [-0.4, -0.2) is 15.0 Å². The minimum absolute atomic E-state index is 0.103. The highest BCUT2D eigenvalue weighted by molar-refractivity contribution is 5.94. The van der Waals surface area contributed by atoms with Crippen molar-refractivity contribution in [2.45, 2.75) is 18.9 Å². The fourth-order valence-electron chi connectivity index (χ4n) is 3.71. The van der Waals surface area contributed by atoms with Crippen molar-refractivity contribution in [1.82, 2.24) is 9.13 Å². The lowest BCUT2D eigenvalue weighted by Gasteiger charge is -2.28. The van der Waals surface area contributed by atoms with Gasteiger partial charge in [-0.1, -0.05) is 48.5 Å². The minimum atomic E-state index is -0.503. The zero-order valence-electron chi connectivity index (χ0n) is 16.2. The highest BCUT2D eigenvalue weighted by Gasteiger charge is 2.33. The van der Waals surface area contributed by atoms with Gasteiger partial charge >= 0.3 is 5.69 Å². The van der Waals surface area contributed by atoms with E-state index in [1.165, 1.54) is 11.6 Å². The second kappa shape index (κ2) is 7.43. The van der Waals surface area contributed by atoms with Crippen LogP contribution in [0.1, 0.15) is 29.0 Å². The van der Waals surface area contributed by atoms with Crippen molar-refractivity contribution in [2.24, 2.45) is 14.1 Å². The van der Waals surface area contributed by atoms with Crippen molar-refractivity contribution >= 4 is 11.7 Å². The van der Waals surface area contributed by atoms with Crippen molar-refractivity contribution < 1.29 is 9.53 Å².